The van der Waals surface area contributed by atoms with E-state index in [1.54, 1.807) is 22.6 Å². The summed E-state index contributed by atoms with van der Waals surface area (Å²) in [6.45, 7) is 1.48. The van der Waals surface area contributed by atoms with Gasteiger partial charge in [-0.1, -0.05) is 50.2 Å². The van der Waals surface area contributed by atoms with E-state index < -0.39 is 23.7 Å². The van der Waals surface area contributed by atoms with E-state index in [9.17, 15) is 15.0 Å². The number of rotatable bonds is 5. The molecule has 11 nitrogen and oxygen atoms in total. The Balaban J connectivity index is 0.000000501. The number of anilines is 1. The van der Waals surface area contributed by atoms with Crippen molar-refractivity contribution in [2.75, 3.05) is 12.4 Å². The van der Waals surface area contributed by atoms with Gasteiger partial charge in [0.25, 0.3) is 5.95 Å². The molecule has 0 aromatic carbocycles. The van der Waals surface area contributed by atoms with Crippen molar-refractivity contribution in [3.05, 3.63) is 33.1 Å². The van der Waals surface area contributed by atoms with E-state index >= 15 is 0 Å². The molecule has 5 atom stereocenters. The number of hydrogen-bond donors (Lipinski definition) is 3. The summed E-state index contributed by atoms with van der Waals surface area (Å²) in [5.41, 5.74) is 1.14. The number of imidazole rings is 1. The van der Waals surface area contributed by atoms with Gasteiger partial charge in [0.2, 0.25) is 0 Å². The SMILES string of the molecule is C1CCCC1.CNc1nc(-n2cc(C3CCCC3)nn2)nc2c1ncn2[C@@H]1C2C[C@@]2(C(C)=O)C(O)[C@H]1O.[CH3-].[CH3-].[Fe+2]. The van der Waals surface area contributed by atoms with Crippen LogP contribution in [0.2, 0.25) is 0 Å². The minimum Gasteiger partial charge on any atom is -0.389 e. The first kappa shape index (κ1) is 32.1. The van der Waals surface area contributed by atoms with Crippen molar-refractivity contribution in [2.45, 2.75) is 95.3 Å². The molecule has 3 aromatic heterocycles. The average molecular weight is 595 g/mol. The molecule has 0 saturated heterocycles. The quantitative estimate of drug-likeness (QED) is 0.297. The Kier molecular flexibility index (Phi) is 10.1. The number of aliphatic hydroxyl groups excluding tert-OH is 2. The Morgan fingerprint density at radius 1 is 1.05 bits per heavy atom. The number of hydrogen-bond acceptors (Lipinski definition) is 9. The summed E-state index contributed by atoms with van der Waals surface area (Å²) in [7, 11) is 1.76. The van der Waals surface area contributed by atoms with Crippen LogP contribution >= 0.6 is 0 Å². The monoisotopic (exact) mass is 594 g/mol. The molecule has 0 spiro atoms. The second-order valence-electron chi connectivity index (χ2n) is 11.1. The van der Waals surface area contributed by atoms with Gasteiger partial charge >= 0.3 is 17.1 Å². The van der Waals surface area contributed by atoms with Gasteiger partial charge in [-0.2, -0.15) is 14.6 Å². The number of nitrogens with one attached hydrogen (secondary N) is 1. The van der Waals surface area contributed by atoms with Crippen molar-refractivity contribution in [1.82, 2.24) is 34.5 Å². The Bertz CT molecular complexity index is 1290. The summed E-state index contributed by atoms with van der Waals surface area (Å²) in [6, 6.07) is -0.490. The Morgan fingerprint density at radius 2 is 1.70 bits per heavy atom. The van der Waals surface area contributed by atoms with E-state index in [-0.39, 0.29) is 43.6 Å². The van der Waals surface area contributed by atoms with E-state index in [1.807, 2.05) is 6.20 Å². The van der Waals surface area contributed by atoms with E-state index in [1.165, 1.54) is 51.9 Å². The van der Waals surface area contributed by atoms with Crippen LogP contribution in [0.25, 0.3) is 17.1 Å². The molecular formula is C28H42FeN8O3. The van der Waals surface area contributed by atoms with E-state index in [0.29, 0.717) is 35.3 Å². The number of nitrogens with zero attached hydrogens (tertiary/aromatic N) is 7. The Labute approximate surface area is 247 Å². The number of fused-ring (bicyclic) bond motifs is 2. The minimum atomic E-state index is -1.10. The summed E-state index contributed by atoms with van der Waals surface area (Å²) >= 11 is 0. The summed E-state index contributed by atoms with van der Waals surface area (Å²) in [5.74, 6) is 1.06. The molecule has 0 radical (unpaired) electrons. The fourth-order valence-corrected chi connectivity index (χ4v) is 6.84. The fraction of sp³-hybridized carbons (Fsp3) is 0.643. The second kappa shape index (κ2) is 12.6. The fourth-order valence-electron chi connectivity index (χ4n) is 6.84. The number of carbonyl (C=O) groups excluding carboxylic acids is 1. The smallest absolute Gasteiger partial charge is 0.389 e. The van der Waals surface area contributed by atoms with Crippen molar-refractivity contribution < 1.29 is 32.1 Å². The van der Waals surface area contributed by atoms with Crippen LogP contribution in [0.5, 0.6) is 0 Å². The molecule has 220 valence electrons. The van der Waals surface area contributed by atoms with Crippen molar-refractivity contribution in [3.63, 3.8) is 0 Å². The van der Waals surface area contributed by atoms with Gasteiger partial charge in [-0.05, 0) is 32.1 Å². The van der Waals surface area contributed by atoms with Gasteiger partial charge in [-0.3, -0.25) is 4.79 Å². The molecule has 3 N–H and O–H groups in total. The van der Waals surface area contributed by atoms with Crippen molar-refractivity contribution in [1.29, 1.82) is 0 Å². The maximum absolute atomic E-state index is 12.2. The van der Waals surface area contributed by atoms with Crippen molar-refractivity contribution in [3.8, 4) is 5.95 Å². The third-order valence-electron chi connectivity index (χ3n) is 9.04. The number of Topliss-reactive ketones (excluding diaryl/α,β-unsaturated/α-hetero) is 1. The second-order valence-corrected chi connectivity index (χ2v) is 11.1. The molecule has 3 aromatic rings. The Morgan fingerprint density at radius 3 is 2.27 bits per heavy atom. The summed E-state index contributed by atoms with van der Waals surface area (Å²) in [4.78, 5) is 26.0. The first-order valence-electron chi connectivity index (χ1n) is 13.7. The first-order valence-corrected chi connectivity index (χ1v) is 13.7. The first-order chi connectivity index (χ1) is 18.0. The maximum atomic E-state index is 12.2. The van der Waals surface area contributed by atoms with Crippen LogP contribution in [0, 0.1) is 26.2 Å². The third-order valence-corrected chi connectivity index (χ3v) is 9.04. The van der Waals surface area contributed by atoms with Crippen LogP contribution in [-0.4, -0.2) is 69.8 Å². The molecule has 4 fully saturated rings. The van der Waals surface area contributed by atoms with Crippen molar-refractivity contribution in [2.24, 2.45) is 11.3 Å². The molecule has 0 bridgehead atoms. The largest absolute Gasteiger partial charge is 2.00 e. The number of aliphatic hydroxyl groups is 2. The molecular weight excluding hydrogens is 552 g/mol. The van der Waals surface area contributed by atoms with Crippen LogP contribution in [0.15, 0.2) is 12.5 Å². The van der Waals surface area contributed by atoms with Gasteiger partial charge in [0.05, 0.1) is 35.8 Å². The predicted octanol–water partition coefficient (Wildman–Crippen LogP) is 3.83. The van der Waals surface area contributed by atoms with Gasteiger partial charge < -0.3 is 35.0 Å². The summed E-state index contributed by atoms with van der Waals surface area (Å²) in [5, 5.41) is 33.1. The van der Waals surface area contributed by atoms with Gasteiger partial charge in [0, 0.05) is 13.0 Å². The van der Waals surface area contributed by atoms with Crippen LogP contribution in [0.1, 0.15) is 88.8 Å². The van der Waals surface area contributed by atoms with Gasteiger partial charge in [-0.25, -0.2) is 4.98 Å². The van der Waals surface area contributed by atoms with Crippen LogP contribution in [0.4, 0.5) is 5.82 Å². The molecule has 0 aliphatic heterocycles. The van der Waals surface area contributed by atoms with E-state index in [4.69, 9.17) is 4.98 Å². The molecule has 4 aliphatic rings. The van der Waals surface area contributed by atoms with E-state index in [0.717, 1.165) is 18.5 Å². The normalized spacial score (nSPS) is 28.5. The summed E-state index contributed by atoms with van der Waals surface area (Å²) < 4.78 is 3.34. The molecule has 40 heavy (non-hydrogen) atoms. The molecule has 12 heteroatoms. The molecule has 4 aliphatic carbocycles. The molecule has 2 unspecified atom stereocenters. The zero-order valence-corrected chi connectivity index (χ0v) is 25.0. The molecule has 0 amide bonds. The number of aromatic nitrogens is 7. The van der Waals surface area contributed by atoms with Crippen molar-refractivity contribution >= 4 is 22.8 Å². The topological polar surface area (TPSA) is 144 Å². The Hall–Kier alpha value is -2.40. The molecule has 3 heterocycles. The molecule has 7 rings (SSSR count). The van der Waals surface area contributed by atoms with Crippen LogP contribution in [0.3, 0.4) is 0 Å². The minimum absolute atomic E-state index is 0. The average Bonchev–Trinajstić information content (AvgIpc) is 3.58. The standard InChI is InChI=1S/C21H26N8O3.C5H10.2CH3.Fe/c1-10(30)21-7-12(21)15(16(31)17(21)32)28-9-23-14-18(22-2)24-20(25-19(14)28)29-8-13(26-27-29)11-5-3-4-6-11;1-2-4-5-3-1;;;/h8-9,11-12,15-17,31-32H,3-7H2,1-2H3,(H,22,24,25);1-5H2;2*1H3;/q;;2*-1;+2/t12?,15-,16+,17?,21+;;;;/m1..../s1. The maximum Gasteiger partial charge on any atom is 2.00 e. The number of ketones is 1. The summed E-state index contributed by atoms with van der Waals surface area (Å²) in [6.07, 6.45) is 14.0. The zero-order chi connectivity index (χ0) is 25.7. The van der Waals surface area contributed by atoms with Crippen LogP contribution < -0.4 is 5.32 Å². The van der Waals surface area contributed by atoms with Gasteiger partial charge in [0.1, 0.15) is 11.9 Å². The predicted molar refractivity (Wildman–Crippen MR) is 149 cm³/mol. The van der Waals surface area contributed by atoms with Gasteiger partial charge in [0.15, 0.2) is 17.0 Å². The van der Waals surface area contributed by atoms with E-state index in [2.05, 4.69) is 25.6 Å². The third kappa shape index (κ3) is 5.19. The zero-order valence-electron chi connectivity index (χ0n) is 23.9. The number of carbonyl (C=O) groups is 1. The van der Waals surface area contributed by atoms with Crippen LogP contribution in [-0.2, 0) is 21.9 Å². The van der Waals surface area contributed by atoms with Gasteiger partial charge in [-0.15, -0.1) is 5.10 Å². The molecule has 4 saturated carbocycles.